The zero-order valence-electron chi connectivity index (χ0n) is 14.3. The average molecular weight is 402 g/mol. The fourth-order valence-corrected chi connectivity index (χ4v) is 3.67. The zero-order valence-corrected chi connectivity index (χ0v) is 15.9. The lowest BCUT2D eigenvalue weighted by Crippen LogP contribution is -2.56. The zero-order chi connectivity index (χ0) is 18.0. The first-order valence-electron chi connectivity index (χ1n) is 8.28. The van der Waals surface area contributed by atoms with Gasteiger partial charge in [-0.25, -0.2) is 4.79 Å². The summed E-state index contributed by atoms with van der Waals surface area (Å²) in [6.45, 7) is 3.93. The van der Waals surface area contributed by atoms with Crippen molar-refractivity contribution in [3.63, 3.8) is 0 Å². The van der Waals surface area contributed by atoms with Crippen LogP contribution < -0.4 is 5.32 Å². The molecule has 0 saturated heterocycles. The van der Waals surface area contributed by atoms with E-state index in [-0.39, 0.29) is 18.5 Å². The number of fused-ring (bicyclic) bond motifs is 1. The number of carbonyl (C=O) groups is 2. The maximum atomic E-state index is 12.9. The molecule has 0 aromatic heterocycles. The summed E-state index contributed by atoms with van der Waals surface area (Å²) in [5.41, 5.74) is 2.48. The normalized spacial score (nSPS) is 14.7. The second-order valence-corrected chi connectivity index (χ2v) is 7.15. The van der Waals surface area contributed by atoms with Gasteiger partial charge in [0.05, 0.1) is 6.61 Å². The van der Waals surface area contributed by atoms with Gasteiger partial charge in [0.25, 0.3) is 5.91 Å². The predicted octanol–water partition coefficient (Wildman–Crippen LogP) is 3.59. The Labute approximate surface area is 155 Å². The molecule has 130 valence electrons. The first kappa shape index (κ1) is 17.7. The van der Waals surface area contributed by atoms with E-state index in [4.69, 9.17) is 4.74 Å². The number of nitrogens with one attached hydrogen (secondary N) is 1. The van der Waals surface area contributed by atoms with Gasteiger partial charge in [0, 0.05) is 22.9 Å². The monoisotopic (exact) mass is 401 g/mol. The molecule has 4 nitrogen and oxygen atoms in total. The number of benzene rings is 2. The highest BCUT2D eigenvalue weighted by Gasteiger charge is 2.46. The van der Waals surface area contributed by atoms with Gasteiger partial charge in [0.2, 0.25) is 0 Å². The summed E-state index contributed by atoms with van der Waals surface area (Å²) < 4.78 is 6.15. The number of carbonyl (C=O) groups excluding carboxylic acids is 2. The molecule has 1 aliphatic carbocycles. The smallest absolute Gasteiger partial charge is 0.332 e. The quantitative estimate of drug-likeness (QED) is 0.796. The van der Waals surface area contributed by atoms with Crippen LogP contribution >= 0.6 is 15.9 Å². The van der Waals surface area contributed by atoms with E-state index in [0.717, 1.165) is 21.2 Å². The number of halogens is 1. The number of hydrogen-bond acceptors (Lipinski definition) is 3. The van der Waals surface area contributed by atoms with Crippen molar-refractivity contribution >= 4 is 27.8 Å². The lowest BCUT2D eigenvalue weighted by molar-refractivity contribution is -0.150. The lowest BCUT2D eigenvalue weighted by atomic mass is 9.94. The van der Waals surface area contributed by atoms with E-state index >= 15 is 0 Å². The van der Waals surface area contributed by atoms with Crippen molar-refractivity contribution in [2.75, 3.05) is 6.61 Å². The Kier molecular flexibility index (Phi) is 4.95. The number of rotatable bonds is 4. The van der Waals surface area contributed by atoms with Crippen LogP contribution in [0.4, 0.5) is 0 Å². The van der Waals surface area contributed by atoms with E-state index in [9.17, 15) is 9.59 Å². The van der Waals surface area contributed by atoms with Crippen molar-refractivity contribution in [2.24, 2.45) is 0 Å². The summed E-state index contributed by atoms with van der Waals surface area (Å²) in [6.07, 6.45) is 0.890. The Balaban J connectivity index is 1.93. The summed E-state index contributed by atoms with van der Waals surface area (Å²) >= 11 is 3.45. The molecular weight excluding hydrogens is 382 g/mol. The first-order chi connectivity index (χ1) is 12.0. The van der Waals surface area contributed by atoms with E-state index in [2.05, 4.69) is 21.2 Å². The largest absolute Gasteiger partial charge is 0.464 e. The molecule has 0 saturated carbocycles. The third-order valence-electron chi connectivity index (χ3n) is 4.63. The van der Waals surface area contributed by atoms with Crippen LogP contribution in [0.2, 0.25) is 0 Å². The minimum atomic E-state index is -1.05. The SMILES string of the molecule is CCOC(=O)C1(NC(=O)c2cccc(Br)c2C)Cc2ccccc2C1. The van der Waals surface area contributed by atoms with Gasteiger partial charge in [-0.05, 0) is 42.7 Å². The van der Waals surface area contributed by atoms with Crippen molar-refractivity contribution in [3.8, 4) is 0 Å². The number of esters is 1. The lowest BCUT2D eigenvalue weighted by Gasteiger charge is -2.28. The molecule has 5 heteroatoms. The molecule has 0 spiro atoms. The Morgan fingerprint density at radius 1 is 1.12 bits per heavy atom. The van der Waals surface area contributed by atoms with Crippen LogP contribution in [0.5, 0.6) is 0 Å². The molecule has 1 aliphatic rings. The molecule has 25 heavy (non-hydrogen) atoms. The molecule has 1 N–H and O–H groups in total. The van der Waals surface area contributed by atoms with Crippen LogP contribution in [0.1, 0.15) is 34.0 Å². The van der Waals surface area contributed by atoms with E-state index in [1.807, 2.05) is 43.3 Å². The molecule has 0 radical (unpaired) electrons. The van der Waals surface area contributed by atoms with Crippen molar-refractivity contribution in [1.82, 2.24) is 5.32 Å². The molecule has 0 aliphatic heterocycles. The molecule has 2 aromatic carbocycles. The summed E-state index contributed by atoms with van der Waals surface area (Å²) in [5, 5.41) is 2.97. The summed E-state index contributed by atoms with van der Waals surface area (Å²) in [5.74, 6) is -0.646. The summed E-state index contributed by atoms with van der Waals surface area (Å²) in [4.78, 5) is 25.6. The fourth-order valence-electron chi connectivity index (χ4n) is 3.31. The van der Waals surface area contributed by atoms with Crippen LogP contribution in [0, 0.1) is 6.92 Å². The van der Waals surface area contributed by atoms with Crippen LogP contribution in [0.25, 0.3) is 0 Å². The molecule has 0 heterocycles. The molecule has 2 aromatic rings. The van der Waals surface area contributed by atoms with Crippen LogP contribution in [-0.2, 0) is 22.4 Å². The Morgan fingerprint density at radius 2 is 1.76 bits per heavy atom. The Bertz CT molecular complexity index is 806. The molecule has 0 bridgehead atoms. The minimum absolute atomic E-state index is 0.264. The summed E-state index contributed by atoms with van der Waals surface area (Å²) in [6, 6.07) is 13.3. The second kappa shape index (κ2) is 7.00. The maximum Gasteiger partial charge on any atom is 0.332 e. The molecule has 1 amide bonds. The molecule has 3 rings (SSSR count). The summed E-state index contributed by atoms with van der Waals surface area (Å²) in [7, 11) is 0. The van der Waals surface area contributed by atoms with E-state index in [0.29, 0.717) is 18.4 Å². The Hall–Kier alpha value is -2.14. The molecule has 0 atom stereocenters. The average Bonchev–Trinajstić information content (AvgIpc) is 2.96. The van der Waals surface area contributed by atoms with Gasteiger partial charge in [-0.15, -0.1) is 0 Å². The third kappa shape index (κ3) is 3.33. The maximum absolute atomic E-state index is 12.9. The van der Waals surface area contributed by atoms with Crippen LogP contribution in [-0.4, -0.2) is 24.0 Å². The van der Waals surface area contributed by atoms with Crippen molar-refractivity contribution in [3.05, 3.63) is 69.2 Å². The van der Waals surface area contributed by atoms with Crippen LogP contribution in [0.15, 0.2) is 46.9 Å². The number of hydrogen-bond donors (Lipinski definition) is 1. The standard InChI is InChI=1S/C20H20BrNO3/c1-3-25-19(24)20(11-14-7-4-5-8-15(14)12-20)22-18(23)16-9-6-10-17(21)13(16)2/h4-10H,3,11-12H2,1-2H3,(H,22,23). The van der Waals surface area contributed by atoms with E-state index in [1.54, 1.807) is 13.0 Å². The van der Waals surface area contributed by atoms with E-state index < -0.39 is 5.54 Å². The number of ether oxygens (including phenoxy) is 1. The highest BCUT2D eigenvalue weighted by Crippen LogP contribution is 2.32. The number of amides is 1. The van der Waals surface area contributed by atoms with Gasteiger partial charge in [-0.1, -0.05) is 46.3 Å². The minimum Gasteiger partial charge on any atom is -0.464 e. The first-order valence-corrected chi connectivity index (χ1v) is 9.08. The topological polar surface area (TPSA) is 55.4 Å². The van der Waals surface area contributed by atoms with Gasteiger partial charge < -0.3 is 10.1 Å². The highest BCUT2D eigenvalue weighted by atomic mass is 79.9. The Morgan fingerprint density at radius 3 is 2.36 bits per heavy atom. The van der Waals surface area contributed by atoms with Gasteiger partial charge in [-0.3, -0.25) is 4.79 Å². The van der Waals surface area contributed by atoms with Gasteiger partial charge in [-0.2, -0.15) is 0 Å². The van der Waals surface area contributed by atoms with Crippen LogP contribution in [0.3, 0.4) is 0 Å². The fraction of sp³-hybridized carbons (Fsp3) is 0.300. The predicted molar refractivity (Wildman–Crippen MR) is 99.6 cm³/mol. The van der Waals surface area contributed by atoms with Crippen molar-refractivity contribution in [1.29, 1.82) is 0 Å². The van der Waals surface area contributed by atoms with Crippen molar-refractivity contribution in [2.45, 2.75) is 32.2 Å². The third-order valence-corrected chi connectivity index (χ3v) is 5.49. The van der Waals surface area contributed by atoms with E-state index in [1.165, 1.54) is 0 Å². The van der Waals surface area contributed by atoms with Gasteiger partial charge in [0.15, 0.2) is 0 Å². The van der Waals surface area contributed by atoms with Gasteiger partial charge in [0.1, 0.15) is 5.54 Å². The molecular formula is C20H20BrNO3. The molecule has 0 fully saturated rings. The van der Waals surface area contributed by atoms with Crippen molar-refractivity contribution < 1.29 is 14.3 Å². The highest BCUT2D eigenvalue weighted by molar-refractivity contribution is 9.10. The molecule has 0 unspecified atom stereocenters. The second-order valence-electron chi connectivity index (χ2n) is 6.29. The van der Waals surface area contributed by atoms with Gasteiger partial charge >= 0.3 is 5.97 Å².